The third-order valence-electron chi connectivity index (χ3n) is 2.41. The highest BCUT2D eigenvalue weighted by molar-refractivity contribution is 5.68. The van der Waals surface area contributed by atoms with Crippen LogP contribution in [0, 0.1) is 6.92 Å². The molecule has 18 heavy (non-hydrogen) atoms. The Labute approximate surface area is 105 Å². The van der Waals surface area contributed by atoms with Crippen LogP contribution in [0.25, 0.3) is 0 Å². The van der Waals surface area contributed by atoms with Gasteiger partial charge >= 0.3 is 11.9 Å². The van der Waals surface area contributed by atoms with Crippen LogP contribution >= 0.6 is 0 Å². The van der Waals surface area contributed by atoms with Gasteiger partial charge in [-0.3, -0.25) is 9.59 Å². The number of nitrogens with zero attached hydrogens (tertiary/aromatic N) is 2. The Hall–Kier alpha value is -2.11. The summed E-state index contributed by atoms with van der Waals surface area (Å²) in [6, 6.07) is 3.62. The third kappa shape index (κ3) is 4.82. The number of aliphatic carboxylic acids is 2. The number of pyridine rings is 1. The number of aromatic nitrogens is 1. The largest absolute Gasteiger partial charge is 0.481 e. The summed E-state index contributed by atoms with van der Waals surface area (Å²) in [5.74, 6) is -1.23. The van der Waals surface area contributed by atoms with Crippen molar-refractivity contribution >= 4 is 17.8 Å². The molecule has 0 aliphatic carbocycles. The number of hydrogen-bond acceptors (Lipinski definition) is 4. The molecule has 0 aliphatic rings. The highest BCUT2D eigenvalue weighted by Crippen LogP contribution is 2.12. The molecule has 1 rings (SSSR count). The van der Waals surface area contributed by atoms with E-state index in [0.717, 1.165) is 5.56 Å². The normalized spacial score (nSPS) is 10.1. The summed E-state index contributed by atoms with van der Waals surface area (Å²) in [6.45, 7) is 2.40. The Morgan fingerprint density at radius 3 is 2.11 bits per heavy atom. The van der Waals surface area contributed by atoms with Gasteiger partial charge in [-0.1, -0.05) is 6.07 Å². The molecule has 6 heteroatoms. The lowest BCUT2D eigenvalue weighted by atomic mass is 10.3. The lowest BCUT2D eigenvalue weighted by molar-refractivity contribution is -0.137. The minimum Gasteiger partial charge on any atom is -0.481 e. The summed E-state index contributed by atoms with van der Waals surface area (Å²) < 4.78 is 0. The lowest BCUT2D eigenvalue weighted by Crippen LogP contribution is -2.29. The summed E-state index contributed by atoms with van der Waals surface area (Å²) in [5, 5.41) is 17.3. The van der Waals surface area contributed by atoms with Gasteiger partial charge in [0.2, 0.25) is 0 Å². The average Bonchev–Trinajstić information content (AvgIpc) is 2.30. The van der Waals surface area contributed by atoms with Gasteiger partial charge in [0.15, 0.2) is 0 Å². The van der Waals surface area contributed by atoms with Crippen molar-refractivity contribution in [2.24, 2.45) is 0 Å². The molecule has 0 atom stereocenters. The number of aryl methyl sites for hydroxylation is 1. The topological polar surface area (TPSA) is 90.7 Å². The minimum absolute atomic E-state index is 0.0465. The first-order valence-corrected chi connectivity index (χ1v) is 5.60. The highest BCUT2D eigenvalue weighted by atomic mass is 16.4. The van der Waals surface area contributed by atoms with Crippen LogP contribution in [0.15, 0.2) is 18.3 Å². The second-order valence-corrected chi connectivity index (χ2v) is 3.97. The number of carbonyl (C=O) groups is 2. The van der Waals surface area contributed by atoms with Crippen molar-refractivity contribution in [2.75, 3.05) is 18.0 Å². The molecule has 0 aliphatic heterocycles. The van der Waals surface area contributed by atoms with E-state index in [9.17, 15) is 9.59 Å². The van der Waals surface area contributed by atoms with Gasteiger partial charge in [0.05, 0.1) is 12.8 Å². The molecule has 0 unspecified atom stereocenters. The predicted octanol–water partition coefficient (Wildman–Crippen LogP) is 1.15. The lowest BCUT2D eigenvalue weighted by Gasteiger charge is -2.22. The average molecular weight is 252 g/mol. The van der Waals surface area contributed by atoms with Crippen molar-refractivity contribution in [1.29, 1.82) is 0 Å². The van der Waals surface area contributed by atoms with E-state index in [-0.39, 0.29) is 25.9 Å². The number of rotatable bonds is 7. The van der Waals surface area contributed by atoms with E-state index in [1.54, 1.807) is 17.2 Å². The molecular formula is C12H16N2O4. The first kappa shape index (κ1) is 14.0. The fourth-order valence-electron chi connectivity index (χ4n) is 1.45. The molecule has 0 saturated carbocycles. The Balaban J connectivity index is 2.71. The van der Waals surface area contributed by atoms with Gasteiger partial charge in [0.25, 0.3) is 0 Å². The van der Waals surface area contributed by atoms with Crippen LogP contribution < -0.4 is 4.90 Å². The maximum absolute atomic E-state index is 10.6. The summed E-state index contributed by atoms with van der Waals surface area (Å²) in [4.78, 5) is 27.0. The van der Waals surface area contributed by atoms with E-state index in [4.69, 9.17) is 10.2 Å². The Morgan fingerprint density at radius 1 is 1.17 bits per heavy atom. The molecule has 6 nitrogen and oxygen atoms in total. The first-order valence-electron chi connectivity index (χ1n) is 5.60. The molecule has 1 aromatic rings. The number of anilines is 1. The molecule has 0 bridgehead atoms. The van der Waals surface area contributed by atoms with Crippen LogP contribution in [0.2, 0.25) is 0 Å². The van der Waals surface area contributed by atoms with Gasteiger partial charge in [-0.25, -0.2) is 4.98 Å². The Bertz CT molecular complexity index is 399. The van der Waals surface area contributed by atoms with Crippen molar-refractivity contribution in [1.82, 2.24) is 4.98 Å². The number of carboxylic acids is 2. The van der Waals surface area contributed by atoms with Gasteiger partial charge in [-0.05, 0) is 18.6 Å². The van der Waals surface area contributed by atoms with Gasteiger partial charge < -0.3 is 15.1 Å². The molecule has 0 aromatic carbocycles. The second-order valence-electron chi connectivity index (χ2n) is 3.97. The van der Waals surface area contributed by atoms with Crippen LogP contribution in [0.3, 0.4) is 0 Å². The van der Waals surface area contributed by atoms with Crippen molar-refractivity contribution < 1.29 is 19.8 Å². The smallest absolute Gasteiger partial charge is 0.305 e. The van der Waals surface area contributed by atoms with E-state index >= 15 is 0 Å². The van der Waals surface area contributed by atoms with Gasteiger partial charge in [0.1, 0.15) is 5.82 Å². The molecule has 0 saturated heterocycles. The van der Waals surface area contributed by atoms with Gasteiger partial charge in [-0.2, -0.15) is 0 Å². The van der Waals surface area contributed by atoms with Crippen LogP contribution in [0.1, 0.15) is 18.4 Å². The molecule has 0 radical (unpaired) electrons. The number of carboxylic acid groups (broad SMARTS) is 2. The highest BCUT2D eigenvalue weighted by Gasteiger charge is 2.11. The summed E-state index contributed by atoms with van der Waals surface area (Å²) in [6.07, 6.45) is 1.58. The minimum atomic E-state index is -0.914. The van der Waals surface area contributed by atoms with E-state index in [2.05, 4.69) is 4.98 Å². The fourth-order valence-corrected chi connectivity index (χ4v) is 1.45. The predicted molar refractivity (Wildman–Crippen MR) is 65.7 cm³/mol. The maximum Gasteiger partial charge on any atom is 0.305 e. The van der Waals surface area contributed by atoms with E-state index in [1.165, 1.54) is 0 Å². The summed E-state index contributed by atoms with van der Waals surface area (Å²) >= 11 is 0. The SMILES string of the molecule is Cc1ccc(N(CCC(=O)O)CCC(=O)O)nc1. The zero-order chi connectivity index (χ0) is 13.5. The van der Waals surface area contributed by atoms with Crippen LogP contribution in [0.5, 0.6) is 0 Å². The summed E-state index contributed by atoms with van der Waals surface area (Å²) in [5.41, 5.74) is 0.996. The molecule has 1 heterocycles. The van der Waals surface area contributed by atoms with E-state index in [1.807, 2.05) is 13.0 Å². The molecule has 0 amide bonds. The standard InChI is InChI=1S/C12H16N2O4/c1-9-2-3-10(13-8-9)14(6-4-11(15)16)7-5-12(17)18/h2-3,8H,4-7H2,1H3,(H,15,16)(H,17,18). The Kier molecular flexibility index (Phi) is 5.10. The molecule has 98 valence electrons. The molecular weight excluding hydrogens is 236 g/mol. The number of hydrogen-bond donors (Lipinski definition) is 2. The van der Waals surface area contributed by atoms with Crippen molar-refractivity contribution in [3.63, 3.8) is 0 Å². The molecule has 0 fully saturated rings. The molecule has 2 N–H and O–H groups in total. The zero-order valence-electron chi connectivity index (χ0n) is 10.2. The zero-order valence-corrected chi connectivity index (χ0v) is 10.2. The second kappa shape index (κ2) is 6.58. The molecule has 1 aromatic heterocycles. The van der Waals surface area contributed by atoms with Crippen molar-refractivity contribution in [3.8, 4) is 0 Å². The monoisotopic (exact) mass is 252 g/mol. The first-order chi connectivity index (χ1) is 8.49. The molecule has 0 spiro atoms. The Morgan fingerprint density at radius 2 is 1.72 bits per heavy atom. The van der Waals surface area contributed by atoms with Crippen molar-refractivity contribution in [2.45, 2.75) is 19.8 Å². The van der Waals surface area contributed by atoms with Gasteiger partial charge in [0, 0.05) is 19.3 Å². The van der Waals surface area contributed by atoms with E-state index in [0.29, 0.717) is 5.82 Å². The van der Waals surface area contributed by atoms with Crippen LogP contribution in [-0.2, 0) is 9.59 Å². The quantitative estimate of drug-likeness (QED) is 0.756. The summed E-state index contributed by atoms with van der Waals surface area (Å²) in [7, 11) is 0. The van der Waals surface area contributed by atoms with Crippen LogP contribution in [0.4, 0.5) is 5.82 Å². The van der Waals surface area contributed by atoms with Crippen LogP contribution in [-0.4, -0.2) is 40.2 Å². The fraction of sp³-hybridized carbons (Fsp3) is 0.417. The maximum atomic E-state index is 10.6. The van der Waals surface area contributed by atoms with E-state index < -0.39 is 11.9 Å². The third-order valence-corrected chi connectivity index (χ3v) is 2.41. The van der Waals surface area contributed by atoms with Gasteiger partial charge in [-0.15, -0.1) is 0 Å². The van der Waals surface area contributed by atoms with Crippen molar-refractivity contribution in [3.05, 3.63) is 23.9 Å².